The first-order valence-electron chi connectivity index (χ1n) is 11.6. The van der Waals surface area contributed by atoms with Crippen molar-refractivity contribution in [1.82, 2.24) is 29.3 Å². The molecule has 1 fully saturated rings. The van der Waals surface area contributed by atoms with Crippen LogP contribution in [0.3, 0.4) is 0 Å². The summed E-state index contributed by atoms with van der Waals surface area (Å²) in [5.41, 5.74) is 3.79. The average molecular weight is 452 g/mol. The van der Waals surface area contributed by atoms with Gasteiger partial charge in [0, 0.05) is 54.1 Å². The van der Waals surface area contributed by atoms with Gasteiger partial charge in [-0.05, 0) is 49.4 Å². The zero-order valence-corrected chi connectivity index (χ0v) is 19.1. The highest BCUT2D eigenvalue weighted by Gasteiger charge is 2.28. The lowest BCUT2D eigenvalue weighted by Gasteiger charge is -2.07. The number of nitrogens with zero attached hydrogens (tertiary/aromatic N) is 5. The van der Waals surface area contributed by atoms with Crippen LogP contribution >= 0.6 is 0 Å². The molecule has 0 aliphatic heterocycles. The summed E-state index contributed by atoms with van der Waals surface area (Å²) >= 11 is 0. The number of anilines is 2. The van der Waals surface area contributed by atoms with Crippen LogP contribution in [-0.2, 0) is 13.6 Å². The van der Waals surface area contributed by atoms with E-state index in [1.807, 2.05) is 48.0 Å². The molecule has 3 aromatic heterocycles. The maximum atomic E-state index is 12.0. The van der Waals surface area contributed by atoms with E-state index in [1.165, 1.54) is 18.7 Å². The number of hydrogen-bond donors (Lipinski definition) is 2. The van der Waals surface area contributed by atoms with Crippen molar-refractivity contribution in [2.75, 3.05) is 5.32 Å². The molecular formula is C26H25N7O. The molecule has 1 aliphatic carbocycles. The minimum absolute atomic E-state index is 0.0963. The molecule has 8 heteroatoms. The first-order valence-corrected chi connectivity index (χ1v) is 11.6. The molecule has 0 amide bonds. The quantitative estimate of drug-likeness (QED) is 0.386. The highest BCUT2D eigenvalue weighted by molar-refractivity contribution is 5.85. The standard InChI is InChI=1S/C26H25N7O/c1-3-33-26(28-20-10-11-21-19(14-20)12-13-27-25(21)34)30-23(31-33)17-6-4-16(5-7-17)22-15-32(2)24(29-22)18-8-9-18/h4-7,10-15,18H,3,8-9H2,1-2H3,(H,27,34)(H,28,30,31). The van der Waals surface area contributed by atoms with Crippen LogP contribution in [0.15, 0.2) is 65.7 Å². The molecule has 3 heterocycles. The largest absolute Gasteiger partial charge is 0.337 e. The number of hydrogen-bond acceptors (Lipinski definition) is 5. The Bertz CT molecular complexity index is 1550. The summed E-state index contributed by atoms with van der Waals surface area (Å²) in [7, 11) is 2.07. The van der Waals surface area contributed by atoms with Crippen molar-refractivity contribution >= 4 is 22.4 Å². The predicted octanol–water partition coefficient (Wildman–Crippen LogP) is 4.83. The summed E-state index contributed by atoms with van der Waals surface area (Å²) in [4.78, 5) is 24.3. The number of rotatable bonds is 6. The van der Waals surface area contributed by atoms with Crippen molar-refractivity contribution in [3.8, 4) is 22.6 Å². The molecular weight excluding hydrogens is 426 g/mol. The average Bonchev–Trinajstić information content (AvgIpc) is 3.50. The Morgan fingerprint density at radius 2 is 1.85 bits per heavy atom. The lowest BCUT2D eigenvalue weighted by atomic mass is 10.1. The van der Waals surface area contributed by atoms with Gasteiger partial charge in [-0.15, -0.1) is 5.10 Å². The zero-order valence-electron chi connectivity index (χ0n) is 19.1. The minimum Gasteiger partial charge on any atom is -0.337 e. The molecule has 0 spiro atoms. The first-order chi connectivity index (χ1) is 16.6. The fourth-order valence-electron chi connectivity index (χ4n) is 4.31. The Labute approximate surface area is 196 Å². The van der Waals surface area contributed by atoms with Gasteiger partial charge in [-0.25, -0.2) is 9.67 Å². The Kier molecular flexibility index (Phi) is 4.79. The molecule has 0 radical (unpaired) electrons. The van der Waals surface area contributed by atoms with E-state index in [0.29, 0.717) is 29.6 Å². The summed E-state index contributed by atoms with van der Waals surface area (Å²) in [6.45, 7) is 2.71. The molecule has 0 atom stereocenters. The van der Waals surface area contributed by atoms with Crippen molar-refractivity contribution in [3.05, 3.63) is 77.1 Å². The minimum atomic E-state index is -0.0963. The Morgan fingerprint density at radius 1 is 1.06 bits per heavy atom. The maximum Gasteiger partial charge on any atom is 0.255 e. The van der Waals surface area contributed by atoms with Crippen molar-refractivity contribution in [2.45, 2.75) is 32.2 Å². The normalized spacial score (nSPS) is 13.5. The van der Waals surface area contributed by atoms with Gasteiger partial charge in [0.2, 0.25) is 5.95 Å². The number of nitrogens with one attached hydrogen (secondary N) is 2. The van der Waals surface area contributed by atoms with E-state index >= 15 is 0 Å². The van der Waals surface area contributed by atoms with Crippen LogP contribution in [0.25, 0.3) is 33.4 Å². The van der Waals surface area contributed by atoms with E-state index in [2.05, 4.69) is 40.2 Å². The predicted molar refractivity (Wildman–Crippen MR) is 133 cm³/mol. The summed E-state index contributed by atoms with van der Waals surface area (Å²) < 4.78 is 3.98. The van der Waals surface area contributed by atoms with Gasteiger partial charge < -0.3 is 14.9 Å². The number of fused-ring (bicyclic) bond motifs is 1. The molecule has 2 N–H and O–H groups in total. The fourth-order valence-corrected chi connectivity index (χ4v) is 4.31. The second kappa shape index (κ2) is 7.98. The molecule has 34 heavy (non-hydrogen) atoms. The van der Waals surface area contributed by atoms with E-state index in [-0.39, 0.29) is 5.56 Å². The van der Waals surface area contributed by atoms with Gasteiger partial charge in [0.25, 0.3) is 5.56 Å². The molecule has 1 saturated carbocycles. The van der Waals surface area contributed by atoms with Gasteiger partial charge in [0.15, 0.2) is 5.82 Å². The highest BCUT2D eigenvalue weighted by Crippen LogP contribution is 2.40. The monoisotopic (exact) mass is 451 g/mol. The first kappa shape index (κ1) is 20.4. The molecule has 2 aromatic carbocycles. The van der Waals surface area contributed by atoms with Gasteiger partial charge in [-0.2, -0.15) is 4.98 Å². The van der Waals surface area contributed by atoms with E-state index < -0.39 is 0 Å². The number of imidazole rings is 1. The van der Waals surface area contributed by atoms with Crippen molar-refractivity contribution in [2.24, 2.45) is 7.05 Å². The van der Waals surface area contributed by atoms with Crippen LogP contribution in [0, 0.1) is 0 Å². The van der Waals surface area contributed by atoms with Gasteiger partial charge in [-0.3, -0.25) is 4.79 Å². The number of aromatic nitrogens is 6. The molecule has 170 valence electrons. The second-order valence-electron chi connectivity index (χ2n) is 8.76. The van der Waals surface area contributed by atoms with Crippen molar-refractivity contribution in [1.29, 1.82) is 0 Å². The van der Waals surface area contributed by atoms with Gasteiger partial charge >= 0.3 is 0 Å². The van der Waals surface area contributed by atoms with Crippen LogP contribution in [-0.4, -0.2) is 29.3 Å². The number of aryl methyl sites for hydroxylation is 2. The van der Waals surface area contributed by atoms with E-state index in [9.17, 15) is 4.79 Å². The van der Waals surface area contributed by atoms with Crippen molar-refractivity contribution in [3.63, 3.8) is 0 Å². The van der Waals surface area contributed by atoms with Crippen LogP contribution in [0.4, 0.5) is 11.6 Å². The van der Waals surface area contributed by atoms with Crippen LogP contribution in [0.5, 0.6) is 0 Å². The Morgan fingerprint density at radius 3 is 2.62 bits per heavy atom. The van der Waals surface area contributed by atoms with Gasteiger partial charge in [-0.1, -0.05) is 24.3 Å². The molecule has 0 bridgehead atoms. The van der Waals surface area contributed by atoms with Crippen LogP contribution in [0.1, 0.15) is 31.5 Å². The third kappa shape index (κ3) is 3.67. The maximum absolute atomic E-state index is 12.0. The van der Waals surface area contributed by atoms with Crippen LogP contribution in [0.2, 0.25) is 0 Å². The lowest BCUT2D eigenvalue weighted by Crippen LogP contribution is -2.06. The topological polar surface area (TPSA) is 93.4 Å². The second-order valence-corrected chi connectivity index (χ2v) is 8.76. The Hall–Kier alpha value is -4.20. The fraction of sp³-hybridized carbons (Fsp3) is 0.231. The smallest absolute Gasteiger partial charge is 0.255 e. The lowest BCUT2D eigenvalue weighted by molar-refractivity contribution is 0.669. The van der Waals surface area contributed by atoms with Crippen LogP contribution < -0.4 is 10.9 Å². The molecule has 0 saturated heterocycles. The molecule has 1 aliphatic rings. The summed E-state index contributed by atoms with van der Waals surface area (Å²) in [5.74, 6) is 3.11. The summed E-state index contributed by atoms with van der Waals surface area (Å²) in [6, 6.07) is 15.8. The third-order valence-corrected chi connectivity index (χ3v) is 6.29. The highest BCUT2D eigenvalue weighted by atomic mass is 16.1. The molecule has 5 aromatic rings. The van der Waals surface area contributed by atoms with E-state index in [4.69, 9.17) is 15.1 Å². The van der Waals surface area contributed by atoms with Gasteiger partial charge in [0.1, 0.15) is 5.82 Å². The Balaban J connectivity index is 1.27. The number of pyridine rings is 1. The summed E-state index contributed by atoms with van der Waals surface area (Å²) in [5, 5.41) is 9.57. The third-order valence-electron chi connectivity index (χ3n) is 6.29. The molecule has 8 nitrogen and oxygen atoms in total. The number of H-pyrrole nitrogens is 1. The zero-order chi connectivity index (χ0) is 23.2. The molecule has 0 unspecified atom stereocenters. The SMILES string of the molecule is CCn1nc(-c2ccc(-c3cn(C)c(C4CC4)n3)cc2)nc1Nc1ccc2c(=O)[nH]ccc2c1. The van der Waals surface area contributed by atoms with E-state index in [1.54, 1.807) is 6.20 Å². The number of benzene rings is 2. The number of aromatic amines is 1. The van der Waals surface area contributed by atoms with E-state index in [0.717, 1.165) is 27.9 Å². The van der Waals surface area contributed by atoms with Gasteiger partial charge in [0.05, 0.1) is 5.69 Å². The van der Waals surface area contributed by atoms with Crippen molar-refractivity contribution < 1.29 is 0 Å². The molecule has 6 rings (SSSR count). The summed E-state index contributed by atoms with van der Waals surface area (Å²) in [6.07, 6.45) is 6.24.